The van der Waals surface area contributed by atoms with Crippen LogP contribution < -0.4 is 5.23 Å². The second kappa shape index (κ2) is 3.60. The van der Waals surface area contributed by atoms with Crippen molar-refractivity contribution < 1.29 is 24.7 Å². The van der Waals surface area contributed by atoms with E-state index < -0.39 is 17.3 Å². The quantitative estimate of drug-likeness (QED) is 0.630. The van der Waals surface area contributed by atoms with Gasteiger partial charge in [0.05, 0.1) is 11.3 Å². The average Bonchev–Trinajstić information content (AvgIpc) is 2.02. The summed E-state index contributed by atoms with van der Waals surface area (Å²) in [6, 6.07) is 1.76. The van der Waals surface area contributed by atoms with Crippen LogP contribution in [0, 0.1) is 12.7 Å². The fraction of sp³-hybridized carbons (Fsp3) is 0.125. The molecule has 6 heteroatoms. The van der Waals surface area contributed by atoms with E-state index in [0.29, 0.717) is 0 Å². The molecule has 0 bridgehead atoms. The van der Waals surface area contributed by atoms with Crippen molar-refractivity contribution in [3.8, 4) is 0 Å². The number of nitrogens with zero attached hydrogens (tertiary/aromatic N) is 1. The van der Waals surface area contributed by atoms with Gasteiger partial charge in [0, 0.05) is 0 Å². The van der Waals surface area contributed by atoms with Crippen LogP contribution in [0.1, 0.15) is 15.9 Å². The van der Waals surface area contributed by atoms with E-state index in [2.05, 4.69) is 0 Å². The molecule has 0 saturated heterocycles. The normalized spacial score (nSPS) is 10.0. The number of benzene rings is 1. The molecule has 0 aliphatic rings. The van der Waals surface area contributed by atoms with Crippen molar-refractivity contribution in [3.05, 3.63) is 29.1 Å². The van der Waals surface area contributed by atoms with Crippen LogP contribution in [-0.2, 0) is 0 Å². The predicted molar refractivity (Wildman–Crippen MR) is 44.1 cm³/mol. The monoisotopic (exact) mass is 201 g/mol. The van der Waals surface area contributed by atoms with Crippen LogP contribution in [0.5, 0.6) is 0 Å². The number of hydrogen-bond acceptors (Lipinski definition) is 4. The van der Waals surface area contributed by atoms with Gasteiger partial charge in [-0.25, -0.2) is 9.18 Å². The Labute approximate surface area is 78.5 Å². The Balaban J connectivity index is 3.34. The highest BCUT2D eigenvalue weighted by Crippen LogP contribution is 2.21. The van der Waals surface area contributed by atoms with Crippen LogP contribution in [0.3, 0.4) is 0 Å². The standard InChI is InChI=1S/C8H8FNO4/c1-4-2-6(9)5(8(11)12)3-7(4)10(13)14/h2-3,13-14H,1H3,(H,11,12). The lowest BCUT2D eigenvalue weighted by Gasteiger charge is -2.12. The third-order valence-corrected chi connectivity index (χ3v) is 1.73. The minimum Gasteiger partial charge on any atom is -0.478 e. The van der Waals surface area contributed by atoms with E-state index in [-0.39, 0.29) is 16.5 Å². The summed E-state index contributed by atoms with van der Waals surface area (Å²) < 4.78 is 13.0. The van der Waals surface area contributed by atoms with Crippen molar-refractivity contribution >= 4 is 11.7 Å². The van der Waals surface area contributed by atoms with Gasteiger partial charge in [-0.15, -0.1) is 5.23 Å². The molecule has 0 unspecified atom stereocenters. The highest BCUT2D eigenvalue weighted by molar-refractivity contribution is 5.89. The number of hydrogen-bond donors (Lipinski definition) is 3. The van der Waals surface area contributed by atoms with E-state index >= 15 is 0 Å². The van der Waals surface area contributed by atoms with Crippen LogP contribution in [0.2, 0.25) is 0 Å². The molecule has 1 aromatic carbocycles. The van der Waals surface area contributed by atoms with E-state index in [0.717, 1.165) is 12.1 Å². The van der Waals surface area contributed by atoms with E-state index in [1.807, 2.05) is 0 Å². The molecule has 0 aliphatic heterocycles. The van der Waals surface area contributed by atoms with Crippen LogP contribution >= 0.6 is 0 Å². The number of rotatable bonds is 2. The molecular formula is C8H8FNO4. The van der Waals surface area contributed by atoms with Gasteiger partial charge in [0.1, 0.15) is 5.82 Å². The summed E-state index contributed by atoms with van der Waals surface area (Å²) in [6.45, 7) is 1.42. The molecule has 0 radical (unpaired) electrons. The summed E-state index contributed by atoms with van der Waals surface area (Å²) >= 11 is 0. The maximum Gasteiger partial charge on any atom is 0.338 e. The van der Waals surface area contributed by atoms with Crippen molar-refractivity contribution in [1.29, 1.82) is 0 Å². The number of anilines is 1. The molecule has 0 heterocycles. The largest absolute Gasteiger partial charge is 0.478 e. The van der Waals surface area contributed by atoms with Crippen molar-refractivity contribution in [2.75, 3.05) is 5.23 Å². The molecular weight excluding hydrogens is 193 g/mol. The van der Waals surface area contributed by atoms with Crippen LogP contribution in [0.15, 0.2) is 12.1 Å². The van der Waals surface area contributed by atoms with Gasteiger partial charge in [0.15, 0.2) is 0 Å². The molecule has 14 heavy (non-hydrogen) atoms. The van der Waals surface area contributed by atoms with Crippen LogP contribution in [-0.4, -0.2) is 21.5 Å². The zero-order valence-corrected chi connectivity index (χ0v) is 7.23. The molecule has 3 N–H and O–H groups in total. The molecule has 1 rings (SSSR count). The number of carboxylic acids is 1. The number of aryl methyl sites for hydroxylation is 1. The average molecular weight is 201 g/mol. The van der Waals surface area contributed by atoms with Crippen molar-refractivity contribution in [2.45, 2.75) is 6.92 Å². The zero-order chi connectivity index (χ0) is 10.9. The molecule has 1 aromatic rings. The van der Waals surface area contributed by atoms with E-state index in [1.165, 1.54) is 6.92 Å². The number of carboxylic acid groups (broad SMARTS) is 1. The van der Waals surface area contributed by atoms with Gasteiger partial charge in [0.25, 0.3) is 0 Å². The topological polar surface area (TPSA) is 81.0 Å². The maximum atomic E-state index is 13.0. The number of aromatic carboxylic acids is 1. The molecule has 0 fully saturated rings. The highest BCUT2D eigenvalue weighted by atomic mass is 19.1. The summed E-state index contributed by atoms with van der Waals surface area (Å²) in [5.41, 5.74) is -0.569. The summed E-state index contributed by atoms with van der Waals surface area (Å²) in [7, 11) is 0. The van der Waals surface area contributed by atoms with Gasteiger partial charge < -0.3 is 5.11 Å². The second-order valence-corrected chi connectivity index (χ2v) is 2.71. The SMILES string of the molecule is Cc1cc(F)c(C(=O)O)cc1N(O)O. The Bertz CT molecular complexity index is 378. The lowest BCUT2D eigenvalue weighted by molar-refractivity contribution is 0.0287. The smallest absolute Gasteiger partial charge is 0.338 e. The molecule has 0 spiro atoms. The Morgan fingerprint density at radius 3 is 2.43 bits per heavy atom. The van der Waals surface area contributed by atoms with Gasteiger partial charge in [-0.3, -0.25) is 10.4 Å². The van der Waals surface area contributed by atoms with E-state index in [4.69, 9.17) is 15.5 Å². The first-order valence-electron chi connectivity index (χ1n) is 3.65. The summed E-state index contributed by atoms with van der Waals surface area (Å²) in [6.07, 6.45) is 0. The Morgan fingerprint density at radius 1 is 1.43 bits per heavy atom. The maximum absolute atomic E-state index is 13.0. The minimum absolute atomic E-state index is 0.177. The van der Waals surface area contributed by atoms with E-state index in [9.17, 15) is 9.18 Å². The third-order valence-electron chi connectivity index (χ3n) is 1.73. The first-order valence-corrected chi connectivity index (χ1v) is 3.65. The Morgan fingerprint density at radius 2 is 2.00 bits per heavy atom. The second-order valence-electron chi connectivity index (χ2n) is 2.71. The fourth-order valence-electron chi connectivity index (χ4n) is 1.04. The first kappa shape index (κ1) is 10.4. The Kier molecular flexibility index (Phi) is 2.68. The molecule has 76 valence electrons. The van der Waals surface area contributed by atoms with Gasteiger partial charge in [-0.05, 0) is 24.6 Å². The van der Waals surface area contributed by atoms with Crippen molar-refractivity contribution in [1.82, 2.24) is 0 Å². The van der Waals surface area contributed by atoms with Gasteiger partial charge in [-0.2, -0.15) is 0 Å². The molecule has 0 saturated carbocycles. The summed E-state index contributed by atoms with van der Waals surface area (Å²) in [4.78, 5) is 10.5. The van der Waals surface area contributed by atoms with Crippen LogP contribution in [0.25, 0.3) is 0 Å². The molecule has 0 amide bonds. The predicted octanol–water partition coefficient (Wildman–Crippen LogP) is 1.42. The molecule has 0 atom stereocenters. The van der Waals surface area contributed by atoms with Gasteiger partial charge in [0.2, 0.25) is 0 Å². The first-order chi connectivity index (χ1) is 6.43. The fourth-order valence-corrected chi connectivity index (χ4v) is 1.04. The van der Waals surface area contributed by atoms with E-state index in [1.54, 1.807) is 0 Å². The summed E-state index contributed by atoms with van der Waals surface area (Å²) in [5, 5.41) is 25.6. The minimum atomic E-state index is -1.47. The van der Waals surface area contributed by atoms with Crippen molar-refractivity contribution in [2.24, 2.45) is 0 Å². The lowest BCUT2D eigenvalue weighted by atomic mass is 10.1. The summed E-state index contributed by atoms with van der Waals surface area (Å²) in [5.74, 6) is -2.38. The number of carbonyl (C=O) groups is 1. The Hall–Kier alpha value is -1.66. The van der Waals surface area contributed by atoms with Gasteiger partial charge in [-0.1, -0.05) is 0 Å². The molecule has 0 aliphatic carbocycles. The van der Waals surface area contributed by atoms with Crippen molar-refractivity contribution in [3.63, 3.8) is 0 Å². The molecule has 5 nitrogen and oxygen atoms in total. The number of halogens is 1. The van der Waals surface area contributed by atoms with Gasteiger partial charge >= 0.3 is 5.97 Å². The van der Waals surface area contributed by atoms with Crippen LogP contribution in [0.4, 0.5) is 10.1 Å². The molecule has 0 aromatic heterocycles. The third kappa shape index (κ3) is 1.81. The highest BCUT2D eigenvalue weighted by Gasteiger charge is 2.15. The lowest BCUT2D eigenvalue weighted by Crippen LogP contribution is -2.14. The zero-order valence-electron chi connectivity index (χ0n) is 7.23.